The Kier molecular flexibility index (Phi) is 21.4. The Hall–Kier alpha value is -1.78. The van der Waals surface area contributed by atoms with Gasteiger partial charge in [0.05, 0.1) is 38.6 Å². The molecular formula is C53H86O33S3. The van der Waals surface area contributed by atoms with E-state index in [9.17, 15) is 89.7 Å². The molecule has 9 rings (SSSR count). The SMILES string of the molecule is COC1C(O)C(COS(=O)(=O)O)OC(OC2C(O)C(COS(=O)(=O)O)OC(OC3C(C)OC(OC4C(OC5CCC6(C)C7CCC8(C)C(C(C)=O)CCC8(C)C7=CCC6C5(C)C)OCC(OS(=O)(=O)O)C4O)C(OC4OCC(O)C(O)C4O)C3O)C2O)C1O. The van der Waals surface area contributed by atoms with Gasteiger partial charge in [0.1, 0.15) is 110 Å². The Balaban J connectivity index is 0.996. The number of rotatable bonds is 20. The van der Waals surface area contributed by atoms with Gasteiger partial charge in [0.2, 0.25) is 0 Å². The molecule has 5 saturated heterocycles. The molecule has 12 N–H and O–H groups in total. The molecule has 5 aliphatic heterocycles. The van der Waals surface area contributed by atoms with Gasteiger partial charge >= 0.3 is 31.2 Å². The molecule has 0 aromatic carbocycles. The normalized spacial score (nSPS) is 48.8. The molecular weight excluding hydrogens is 1260 g/mol. The van der Waals surface area contributed by atoms with Crippen LogP contribution in [-0.2, 0) is 101 Å². The summed E-state index contributed by atoms with van der Waals surface area (Å²) in [4.78, 5) is 13.0. The fourth-order valence-electron chi connectivity index (χ4n) is 16.0. The van der Waals surface area contributed by atoms with E-state index in [0.29, 0.717) is 19.3 Å². The Bertz CT molecular complexity index is 2870. The van der Waals surface area contributed by atoms with Crippen LogP contribution in [0.25, 0.3) is 0 Å². The molecule has 33 nitrogen and oxygen atoms in total. The van der Waals surface area contributed by atoms with Crippen molar-refractivity contribution in [1.29, 1.82) is 0 Å². The summed E-state index contributed by atoms with van der Waals surface area (Å²) < 4.78 is 179. The molecule has 30 atom stereocenters. The molecule has 0 radical (unpaired) electrons. The van der Waals surface area contributed by atoms with Crippen molar-refractivity contribution in [3.8, 4) is 0 Å². The van der Waals surface area contributed by atoms with Crippen LogP contribution in [0.4, 0.5) is 0 Å². The van der Waals surface area contributed by atoms with E-state index >= 15 is 0 Å². The Morgan fingerprint density at radius 3 is 1.71 bits per heavy atom. The van der Waals surface area contributed by atoms with Crippen LogP contribution in [0.1, 0.15) is 93.4 Å². The smallest absolute Gasteiger partial charge is 0.388 e. The average Bonchev–Trinajstić information content (AvgIpc) is 1.68. The molecule has 89 heavy (non-hydrogen) atoms. The van der Waals surface area contributed by atoms with E-state index in [1.165, 1.54) is 12.5 Å². The van der Waals surface area contributed by atoms with Crippen molar-refractivity contribution in [1.82, 2.24) is 0 Å². The molecule has 0 amide bonds. The largest absolute Gasteiger partial charge is 0.397 e. The third-order valence-corrected chi connectivity index (χ3v) is 22.3. The highest BCUT2D eigenvalue weighted by Crippen LogP contribution is 2.73. The van der Waals surface area contributed by atoms with E-state index in [-0.39, 0.29) is 39.8 Å². The van der Waals surface area contributed by atoms with Crippen LogP contribution in [0, 0.1) is 39.4 Å². The number of aliphatic hydroxyl groups is 9. The molecule has 36 heteroatoms. The van der Waals surface area contributed by atoms with Crippen LogP contribution < -0.4 is 0 Å². The van der Waals surface area contributed by atoms with Gasteiger partial charge in [-0.15, -0.1) is 0 Å². The summed E-state index contributed by atoms with van der Waals surface area (Å²) in [5.74, 6) is 0.369. The number of allylic oxidation sites excluding steroid dienone is 2. The zero-order valence-electron chi connectivity index (χ0n) is 50.1. The van der Waals surface area contributed by atoms with Gasteiger partial charge in [-0.05, 0) is 92.3 Å². The van der Waals surface area contributed by atoms with E-state index in [4.69, 9.17) is 56.3 Å². The number of aliphatic hydroxyl groups excluding tert-OH is 9. The molecule has 0 bridgehead atoms. The lowest BCUT2D eigenvalue weighted by molar-refractivity contribution is -0.403. The second kappa shape index (κ2) is 26.7. The molecule has 9 aliphatic rings. The lowest BCUT2D eigenvalue weighted by Crippen LogP contribution is -2.68. The van der Waals surface area contributed by atoms with Gasteiger partial charge in [0.15, 0.2) is 31.5 Å². The first-order valence-electron chi connectivity index (χ1n) is 29.5. The zero-order chi connectivity index (χ0) is 65.6. The van der Waals surface area contributed by atoms with E-state index < -0.39 is 210 Å². The van der Waals surface area contributed by atoms with E-state index in [1.54, 1.807) is 6.92 Å². The van der Waals surface area contributed by atoms with Crippen molar-refractivity contribution in [2.75, 3.05) is 33.5 Å². The minimum absolute atomic E-state index is 0.00617. The highest BCUT2D eigenvalue weighted by molar-refractivity contribution is 7.81. The maximum absolute atomic E-state index is 13.0. The third kappa shape index (κ3) is 14.2. The minimum atomic E-state index is -5.31. The second-order valence-corrected chi connectivity index (χ2v) is 29.5. The van der Waals surface area contributed by atoms with Gasteiger partial charge in [0.25, 0.3) is 0 Å². The predicted molar refractivity (Wildman–Crippen MR) is 291 cm³/mol. The van der Waals surface area contributed by atoms with Crippen LogP contribution in [0.15, 0.2) is 11.6 Å². The van der Waals surface area contributed by atoms with Crippen molar-refractivity contribution >= 4 is 37.0 Å². The fraction of sp³-hybridized carbons (Fsp3) is 0.943. The van der Waals surface area contributed by atoms with E-state index in [1.807, 2.05) is 0 Å². The molecule has 4 aliphatic carbocycles. The van der Waals surface area contributed by atoms with Crippen LogP contribution in [-0.4, -0.2) is 272 Å². The van der Waals surface area contributed by atoms with Gasteiger partial charge in [0, 0.05) is 13.0 Å². The number of hydrogen-bond donors (Lipinski definition) is 12. The molecule has 8 fully saturated rings. The van der Waals surface area contributed by atoms with Gasteiger partial charge in [-0.1, -0.05) is 46.3 Å². The minimum Gasteiger partial charge on any atom is -0.388 e. The van der Waals surface area contributed by atoms with E-state index in [2.05, 4.69) is 49.1 Å². The number of ketones is 1. The average molecular weight is 1350 g/mol. The number of carbonyl (C=O) groups is 1. The number of ether oxygens (including phenoxy) is 11. The summed E-state index contributed by atoms with van der Waals surface area (Å²) in [5, 5.41) is 102. The molecule has 3 saturated carbocycles. The van der Waals surface area contributed by atoms with Gasteiger partial charge in [-0.3, -0.25) is 18.5 Å². The predicted octanol–water partition coefficient (Wildman–Crippen LogP) is -2.90. The van der Waals surface area contributed by atoms with Crippen LogP contribution >= 0.6 is 0 Å². The van der Waals surface area contributed by atoms with Gasteiger partial charge in [-0.2, -0.15) is 25.3 Å². The Morgan fingerprint density at radius 1 is 0.573 bits per heavy atom. The highest BCUT2D eigenvalue weighted by atomic mass is 32.3. The second-order valence-electron chi connectivity index (χ2n) is 26.3. The van der Waals surface area contributed by atoms with Crippen molar-refractivity contribution in [3.05, 3.63) is 11.6 Å². The molecule has 0 aromatic rings. The van der Waals surface area contributed by atoms with Crippen molar-refractivity contribution in [3.63, 3.8) is 0 Å². The number of methoxy groups -OCH3 is 1. The number of fused-ring (bicyclic) bond motifs is 5. The summed E-state index contributed by atoms with van der Waals surface area (Å²) >= 11 is 0. The number of carbonyl (C=O) groups excluding carboxylic acids is 1. The van der Waals surface area contributed by atoms with Crippen LogP contribution in [0.3, 0.4) is 0 Å². The maximum Gasteiger partial charge on any atom is 0.397 e. The molecule has 30 unspecified atom stereocenters. The summed E-state index contributed by atoms with van der Waals surface area (Å²) in [6.45, 7) is 10.2. The summed E-state index contributed by atoms with van der Waals surface area (Å²) in [7, 11) is -14.8. The van der Waals surface area contributed by atoms with Crippen LogP contribution in [0.5, 0.6) is 0 Å². The number of Topliss-reactive ketones (excluding diaryl/α,β-unsaturated/α-hetero) is 1. The Labute approximate surface area is 514 Å². The highest BCUT2D eigenvalue weighted by Gasteiger charge is 2.67. The van der Waals surface area contributed by atoms with Crippen molar-refractivity contribution in [2.45, 2.75) is 241 Å². The third-order valence-electron chi connectivity index (χ3n) is 20.9. The van der Waals surface area contributed by atoms with E-state index in [0.717, 1.165) is 32.8 Å². The first-order valence-corrected chi connectivity index (χ1v) is 33.6. The lowest BCUT2D eigenvalue weighted by Gasteiger charge is -2.64. The number of hydrogen-bond acceptors (Lipinski definition) is 30. The lowest BCUT2D eigenvalue weighted by atomic mass is 9.41. The zero-order valence-corrected chi connectivity index (χ0v) is 52.6. The topological polar surface area (TPSA) is 491 Å². The molecule has 5 heterocycles. The molecule has 0 spiro atoms. The van der Waals surface area contributed by atoms with Crippen molar-refractivity contribution < 1.29 is 154 Å². The quantitative estimate of drug-likeness (QED) is 0.0430. The molecule has 514 valence electrons. The standard InChI is InChI=1S/C53H86O33S3/c1-21(54)23-11-15-53(7)25-9-10-30-50(3,4)31(13-14-51(30,5)24(25)12-16-52(23,53)6)81-48-43(35(59)29(18-75-48)86-89(70,71)72)85-49-44(84-45-36(60)32(56)26(55)17-74-45)37(61)40(22(2)78-49)82-47-39(63)42(34(58)28(80-47)20-77-88(67,68)69)83-46-38(62)41(73-8)33(57)27(79-46)19-76-87(64,65)66/h9,22-24,26-49,55-63H,10-20H2,1-8H3,(H,64,65,66)(H,67,68,69)(H,70,71,72). The monoisotopic (exact) mass is 1350 g/mol. The van der Waals surface area contributed by atoms with Crippen molar-refractivity contribution in [2.24, 2.45) is 39.4 Å². The maximum atomic E-state index is 13.0. The first-order chi connectivity index (χ1) is 41.2. The Morgan fingerprint density at radius 2 is 1.12 bits per heavy atom. The fourth-order valence-corrected chi connectivity index (χ4v) is 17.1. The summed E-state index contributed by atoms with van der Waals surface area (Å²) in [6.07, 6.45) is -38.3. The first kappa shape index (κ1) is 71.5. The molecule has 0 aromatic heterocycles. The van der Waals surface area contributed by atoms with Gasteiger partial charge in [-0.25, -0.2) is 12.5 Å². The summed E-state index contributed by atoms with van der Waals surface area (Å²) in [6, 6.07) is 0. The van der Waals surface area contributed by atoms with Crippen LogP contribution in [0.2, 0.25) is 0 Å². The summed E-state index contributed by atoms with van der Waals surface area (Å²) in [5.41, 5.74) is 0.126. The van der Waals surface area contributed by atoms with Gasteiger partial charge < -0.3 is 98.1 Å².